The number of rotatable bonds is 8. The topological polar surface area (TPSA) is 68.8 Å². The molecule has 1 aromatic rings. The summed E-state index contributed by atoms with van der Waals surface area (Å²) in [6.45, 7) is 3.17. The van der Waals surface area contributed by atoms with E-state index in [1.165, 1.54) is 0 Å². The molecule has 2 N–H and O–H groups in total. The number of hydrogen-bond donors (Lipinski definition) is 2. The molecular formula is C17H27ClN2O4. The predicted octanol–water partition coefficient (Wildman–Crippen LogP) is 2.09. The predicted molar refractivity (Wildman–Crippen MR) is 96.1 cm³/mol. The van der Waals surface area contributed by atoms with Crippen LogP contribution in [0.3, 0.4) is 0 Å². The van der Waals surface area contributed by atoms with Gasteiger partial charge in [0.15, 0.2) is 0 Å². The molecule has 0 radical (unpaired) electrons. The molecule has 7 heteroatoms. The highest BCUT2D eigenvalue weighted by atomic mass is 35.5. The fourth-order valence-corrected chi connectivity index (χ4v) is 2.76. The Labute approximate surface area is 149 Å². The van der Waals surface area contributed by atoms with Crippen LogP contribution in [0.15, 0.2) is 24.3 Å². The zero-order valence-corrected chi connectivity index (χ0v) is 15.1. The van der Waals surface area contributed by atoms with E-state index in [4.69, 9.17) is 14.2 Å². The molecule has 1 fully saturated rings. The summed E-state index contributed by atoms with van der Waals surface area (Å²) in [5, 5.41) is 6.29. The number of anilines is 1. The maximum Gasteiger partial charge on any atom is 0.233 e. The lowest BCUT2D eigenvalue weighted by molar-refractivity contribution is -0.130. The molecule has 1 aliphatic heterocycles. The molecular weight excluding hydrogens is 332 g/mol. The van der Waals surface area contributed by atoms with Crippen molar-refractivity contribution in [2.75, 3.05) is 52.4 Å². The van der Waals surface area contributed by atoms with Crippen molar-refractivity contribution in [3.05, 3.63) is 24.3 Å². The third-order valence-corrected chi connectivity index (χ3v) is 4.13. The molecule has 1 amide bonds. The highest BCUT2D eigenvalue weighted by molar-refractivity contribution is 5.95. The molecule has 0 spiro atoms. The SMILES string of the molecule is COCCOc1ccc(NC(=O)C2(COC)CCNCC2)cc1.Cl. The second-order valence-electron chi connectivity index (χ2n) is 5.78. The summed E-state index contributed by atoms with van der Waals surface area (Å²) in [4.78, 5) is 12.7. The Bertz CT molecular complexity index is 484. The molecule has 6 nitrogen and oxygen atoms in total. The van der Waals surface area contributed by atoms with Crippen LogP contribution in [0.4, 0.5) is 5.69 Å². The Morgan fingerprint density at radius 3 is 2.38 bits per heavy atom. The van der Waals surface area contributed by atoms with Crippen LogP contribution in [-0.2, 0) is 14.3 Å². The minimum absolute atomic E-state index is 0. The first-order valence-corrected chi connectivity index (χ1v) is 7.93. The van der Waals surface area contributed by atoms with E-state index >= 15 is 0 Å². The molecule has 0 atom stereocenters. The molecule has 0 bridgehead atoms. The van der Waals surface area contributed by atoms with E-state index in [1.807, 2.05) is 24.3 Å². The maximum absolute atomic E-state index is 12.7. The molecule has 0 saturated carbocycles. The average molecular weight is 359 g/mol. The van der Waals surface area contributed by atoms with E-state index in [2.05, 4.69) is 10.6 Å². The number of nitrogens with one attached hydrogen (secondary N) is 2. The van der Waals surface area contributed by atoms with Gasteiger partial charge in [-0.05, 0) is 50.2 Å². The fourth-order valence-electron chi connectivity index (χ4n) is 2.76. The van der Waals surface area contributed by atoms with Crippen LogP contribution in [0.5, 0.6) is 5.75 Å². The van der Waals surface area contributed by atoms with Gasteiger partial charge in [-0.2, -0.15) is 0 Å². The highest BCUT2D eigenvalue weighted by Gasteiger charge is 2.39. The Morgan fingerprint density at radius 2 is 1.79 bits per heavy atom. The summed E-state index contributed by atoms with van der Waals surface area (Å²) in [7, 11) is 3.28. The number of carbonyl (C=O) groups is 1. The molecule has 24 heavy (non-hydrogen) atoms. The molecule has 0 aliphatic carbocycles. The molecule has 1 heterocycles. The van der Waals surface area contributed by atoms with Crippen LogP contribution in [0.25, 0.3) is 0 Å². The standard InChI is InChI=1S/C17H26N2O4.ClH/c1-21-11-12-23-15-5-3-14(4-6-15)19-16(20)17(13-22-2)7-9-18-10-8-17;/h3-6,18H,7-13H2,1-2H3,(H,19,20);1H. The number of hydrogen-bond acceptors (Lipinski definition) is 5. The number of amides is 1. The van der Waals surface area contributed by atoms with Crippen LogP contribution in [-0.4, -0.2) is 53.0 Å². The van der Waals surface area contributed by atoms with Crippen molar-refractivity contribution >= 4 is 24.0 Å². The number of carbonyl (C=O) groups excluding carboxylic acids is 1. The lowest BCUT2D eigenvalue weighted by Gasteiger charge is -2.35. The second-order valence-corrected chi connectivity index (χ2v) is 5.78. The van der Waals surface area contributed by atoms with E-state index in [-0.39, 0.29) is 18.3 Å². The Hall–Kier alpha value is -1.34. The Kier molecular flexibility index (Phi) is 9.07. The number of methoxy groups -OCH3 is 2. The zero-order valence-electron chi connectivity index (χ0n) is 14.3. The molecule has 1 saturated heterocycles. The quantitative estimate of drug-likeness (QED) is 0.696. The van der Waals surface area contributed by atoms with E-state index in [1.54, 1.807) is 14.2 Å². The van der Waals surface area contributed by atoms with Crippen molar-refractivity contribution in [2.45, 2.75) is 12.8 Å². The summed E-state index contributed by atoms with van der Waals surface area (Å²) >= 11 is 0. The van der Waals surface area contributed by atoms with E-state index < -0.39 is 5.41 Å². The lowest BCUT2D eigenvalue weighted by Crippen LogP contribution is -2.47. The summed E-state index contributed by atoms with van der Waals surface area (Å²) in [6.07, 6.45) is 1.57. The normalized spacial score (nSPS) is 16.1. The largest absolute Gasteiger partial charge is 0.491 e. The van der Waals surface area contributed by atoms with Crippen molar-refractivity contribution in [3.63, 3.8) is 0 Å². The first kappa shape index (κ1) is 20.7. The van der Waals surface area contributed by atoms with Crippen LogP contribution in [0, 0.1) is 5.41 Å². The summed E-state index contributed by atoms with van der Waals surface area (Å²) < 4.78 is 15.8. The lowest BCUT2D eigenvalue weighted by atomic mass is 9.78. The monoisotopic (exact) mass is 358 g/mol. The fraction of sp³-hybridized carbons (Fsp3) is 0.588. The molecule has 0 aromatic heterocycles. The zero-order chi connectivity index (χ0) is 16.5. The van der Waals surface area contributed by atoms with E-state index in [0.29, 0.717) is 19.8 Å². The maximum atomic E-state index is 12.7. The third-order valence-electron chi connectivity index (χ3n) is 4.13. The minimum atomic E-state index is -0.451. The van der Waals surface area contributed by atoms with E-state index in [0.717, 1.165) is 37.4 Å². The Balaban J connectivity index is 0.00000288. The Morgan fingerprint density at radius 1 is 1.12 bits per heavy atom. The van der Waals surface area contributed by atoms with Gasteiger partial charge in [0.1, 0.15) is 12.4 Å². The summed E-state index contributed by atoms with van der Waals surface area (Å²) in [5.41, 5.74) is 0.316. The van der Waals surface area contributed by atoms with Gasteiger partial charge in [0.05, 0.1) is 18.6 Å². The summed E-state index contributed by atoms with van der Waals surface area (Å²) in [6, 6.07) is 7.39. The number of piperidine rings is 1. The van der Waals surface area contributed by atoms with Gasteiger partial charge in [0, 0.05) is 19.9 Å². The number of halogens is 1. The van der Waals surface area contributed by atoms with Crippen LogP contribution < -0.4 is 15.4 Å². The molecule has 1 aromatic carbocycles. The highest BCUT2D eigenvalue weighted by Crippen LogP contribution is 2.31. The van der Waals surface area contributed by atoms with Gasteiger partial charge in [-0.15, -0.1) is 12.4 Å². The number of benzene rings is 1. The van der Waals surface area contributed by atoms with Gasteiger partial charge in [0.25, 0.3) is 0 Å². The molecule has 2 rings (SSSR count). The van der Waals surface area contributed by atoms with Crippen LogP contribution in [0.2, 0.25) is 0 Å². The van der Waals surface area contributed by atoms with Gasteiger partial charge < -0.3 is 24.8 Å². The van der Waals surface area contributed by atoms with Gasteiger partial charge >= 0.3 is 0 Å². The van der Waals surface area contributed by atoms with Crippen LogP contribution >= 0.6 is 12.4 Å². The first-order chi connectivity index (χ1) is 11.2. The van der Waals surface area contributed by atoms with Crippen molar-refractivity contribution in [2.24, 2.45) is 5.41 Å². The average Bonchev–Trinajstić information content (AvgIpc) is 2.58. The first-order valence-electron chi connectivity index (χ1n) is 7.93. The van der Waals surface area contributed by atoms with Crippen molar-refractivity contribution in [3.8, 4) is 5.75 Å². The second kappa shape index (κ2) is 10.5. The number of ether oxygens (including phenoxy) is 3. The summed E-state index contributed by atoms with van der Waals surface area (Å²) in [5.74, 6) is 0.780. The minimum Gasteiger partial charge on any atom is -0.491 e. The van der Waals surface area contributed by atoms with Crippen molar-refractivity contribution in [1.29, 1.82) is 0 Å². The van der Waals surface area contributed by atoms with Gasteiger partial charge in [-0.3, -0.25) is 4.79 Å². The van der Waals surface area contributed by atoms with Gasteiger partial charge in [-0.25, -0.2) is 0 Å². The van der Waals surface area contributed by atoms with Crippen molar-refractivity contribution in [1.82, 2.24) is 5.32 Å². The third kappa shape index (κ3) is 5.63. The smallest absolute Gasteiger partial charge is 0.233 e. The molecule has 136 valence electrons. The molecule has 1 aliphatic rings. The van der Waals surface area contributed by atoms with Gasteiger partial charge in [0.2, 0.25) is 5.91 Å². The van der Waals surface area contributed by atoms with Gasteiger partial charge in [-0.1, -0.05) is 0 Å². The van der Waals surface area contributed by atoms with Crippen LogP contribution in [0.1, 0.15) is 12.8 Å². The van der Waals surface area contributed by atoms with E-state index in [9.17, 15) is 4.79 Å². The van der Waals surface area contributed by atoms with Crippen molar-refractivity contribution < 1.29 is 19.0 Å². The molecule has 0 unspecified atom stereocenters.